The second kappa shape index (κ2) is 5.89. The van der Waals surface area contributed by atoms with E-state index in [4.69, 9.17) is 8.83 Å². The highest BCUT2D eigenvalue weighted by atomic mass is 16.3. The maximum absolute atomic E-state index is 12.1. The van der Waals surface area contributed by atoms with Gasteiger partial charge in [0.2, 0.25) is 0 Å². The van der Waals surface area contributed by atoms with Crippen LogP contribution in [-0.2, 0) is 6.42 Å². The van der Waals surface area contributed by atoms with Gasteiger partial charge in [-0.1, -0.05) is 11.6 Å². The molecule has 0 bridgehead atoms. The van der Waals surface area contributed by atoms with Crippen molar-refractivity contribution in [3.63, 3.8) is 0 Å². The van der Waals surface area contributed by atoms with Crippen LogP contribution in [0.15, 0.2) is 56.3 Å². The number of fused-ring (bicyclic) bond motifs is 1. The van der Waals surface area contributed by atoms with Crippen molar-refractivity contribution in [1.82, 2.24) is 5.32 Å². The molecule has 0 atom stereocenters. The Morgan fingerprint density at radius 2 is 2.09 bits per heavy atom. The second-order valence-corrected chi connectivity index (χ2v) is 5.06. The molecule has 0 aliphatic heterocycles. The number of hydrogen-bond acceptors (Lipinski definition) is 4. The van der Waals surface area contributed by atoms with Gasteiger partial charge < -0.3 is 14.2 Å². The zero-order chi connectivity index (χ0) is 15.5. The molecule has 3 rings (SSSR count). The van der Waals surface area contributed by atoms with Crippen LogP contribution in [0.25, 0.3) is 11.0 Å². The molecule has 0 spiro atoms. The van der Waals surface area contributed by atoms with E-state index >= 15 is 0 Å². The predicted molar refractivity (Wildman–Crippen MR) is 82.0 cm³/mol. The van der Waals surface area contributed by atoms with E-state index in [0.29, 0.717) is 23.9 Å². The van der Waals surface area contributed by atoms with E-state index in [2.05, 4.69) is 5.32 Å². The first-order valence-electron chi connectivity index (χ1n) is 6.98. The van der Waals surface area contributed by atoms with Gasteiger partial charge in [-0.25, -0.2) is 0 Å². The number of carbonyl (C=O) groups excluding carboxylic acids is 1. The van der Waals surface area contributed by atoms with Crippen molar-refractivity contribution in [2.24, 2.45) is 0 Å². The Balaban J connectivity index is 1.76. The zero-order valence-corrected chi connectivity index (χ0v) is 12.1. The maximum Gasteiger partial charge on any atom is 0.287 e. The molecular formula is C17H15NO4. The second-order valence-electron chi connectivity index (χ2n) is 5.06. The first-order chi connectivity index (χ1) is 10.6. The highest BCUT2D eigenvalue weighted by molar-refractivity contribution is 5.93. The number of furan rings is 1. The molecule has 0 saturated carbocycles. The lowest BCUT2D eigenvalue weighted by atomic mass is 10.1. The molecule has 2 heterocycles. The molecule has 0 unspecified atom stereocenters. The highest BCUT2D eigenvalue weighted by Gasteiger charge is 2.12. The summed E-state index contributed by atoms with van der Waals surface area (Å²) >= 11 is 0. The van der Waals surface area contributed by atoms with Gasteiger partial charge in [-0.3, -0.25) is 9.59 Å². The fourth-order valence-corrected chi connectivity index (χ4v) is 2.22. The number of carbonyl (C=O) groups is 1. The Labute approximate surface area is 126 Å². The molecule has 1 N–H and O–H groups in total. The summed E-state index contributed by atoms with van der Waals surface area (Å²) in [6.45, 7) is 2.30. The molecule has 22 heavy (non-hydrogen) atoms. The smallest absolute Gasteiger partial charge is 0.287 e. The van der Waals surface area contributed by atoms with Crippen LogP contribution < -0.4 is 10.7 Å². The highest BCUT2D eigenvalue weighted by Crippen LogP contribution is 2.14. The van der Waals surface area contributed by atoms with E-state index in [1.807, 2.05) is 19.1 Å². The number of amides is 1. The molecule has 2 aromatic heterocycles. The number of rotatable bonds is 4. The van der Waals surface area contributed by atoms with Crippen molar-refractivity contribution >= 4 is 16.9 Å². The summed E-state index contributed by atoms with van der Waals surface area (Å²) in [7, 11) is 0. The van der Waals surface area contributed by atoms with Crippen LogP contribution in [0.5, 0.6) is 0 Å². The molecule has 1 aromatic carbocycles. The van der Waals surface area contributed by atoms with E-state index in [0.717, 1.165) is 11.3 Å². The van der Waals surface area contributed by atoms with Crippen molar-refractivity contribution < 1.29 is 13.6 Å². The lowest BCUT2D eigenvalue weighted by molar-refractivity contribution is 0.0926. The van der Waals surface area contributed by atoms with E-state index < -0.39 is 5.91 Å². The Bertz CT molecular complexity index is 862. The number of benzene rings is 1. The fraction of sp³-hybridized carbons (Fsp3) is 0.176. The third-order valence-electron chi connectivity index (χ3n) is 3.34. The molecule has 3 aromatic rings. The monoisotopic (exact) mass is 297 g/mol. The molecule has 5 heteroatoms. The minimum atomic E-state index is -0.411. The van der Waals surface area contributed by atoms with Gasteiger partial charge in [-0.05, 0) is 31.2 Å². The average Bonchev–Trinajstić information content (AvgIpc) is 3.01. The van der Waals surface area contributed by atoms with Crippen molar-refractivity contribution in [2.75, 3.05) is 6.54 Å². The van der Waals surface area contributed by atoms with Crippen LogP contribution in [-0.4, -0.2) is 12.5 Å². The van der Waals surface area contributed by atoms with E-state index in [9.17, 15) is 9.59 Å². The van der Waals surface area contributed by atoms with Gasteiger partial charge in [-0.2, -0.15) is 0 Å². The van der Waals surface area contributed by atoms with Crippen molar-refractivity contribution in [3.05, 3.63) is 70.0 Å². The summed E-state index contributed by atoms with van der Waals surface area (Å²) in [5, 5.41) is 3.19. The molecule has 5 nitrogen and oxygen atoms in total. The summed E-state index contributed by atoms with van der Waals surface area (Å²) in [4.78, 5) is 24.1. The van der Waals surface area contributed by atoms with Crippen LogP contribution in [0, 0.1) is 6.92 Å². The summed E-state index contributed by atoms with van der Waals surface area (Å²) in [5.41, 5.74) is 1.16. The van der Waals surface area contributed by atoms with Crippen LogP contribution >= 0.6 is 0 Å². The van der Waals surface area contributed by atoms with Crippen LogP contribution in [0.3, 0.4) is 0 Å². The molecule has 0 fully saturated rings. The molecular weight excluding hydrogens is 282 g/mol. The van der Waals surface area contributed by atoms with Gasteiger partial charge in [0.25, 0.3) is 5.91 Å². The molecule has 0 aliphatic carbocycles. The summed E-state index contributed by atoms with van der Waals surface area (Å²) in [6.07, 6.45) is 2.16. The van der Waals surface area contributed by atoms with Gasteiger partial charge >= 0.3 is 0 Å². The van der Waals surface area contributed by atoms with Gasteiger partial charge in [0.15, 0.2) is 11.2 Å². The van der Waals surface area contributed by atoms with Gasteiger partial charge in [0.1, 0.15) is 11.3 Å². The quantitative estimate of drug-likeness (QED) is 0.803. The minimum Gasteiger partial charge on any atom is -0.469 e. The maximum atomic E-state index is 12.1. The Morgan fingerprint density at radius 3 is 2.86 bits per heavy atom. The standard InChI is InChI=1S/C17H15NO4/c1-11-4-5-15-13(9-11)14(19)10-16(22-15)17(20)18-7-6-12-3-2-8-21-12/h2-5,8-10H,6-7H2,1H3,(H,18,20). The summed E-state index contributed by atoms with van der Waals surface area (Å²) in [6, 6.07) is 10.1. The van der Waals surface area contributed by atoms with Crippen LogP contribution in [0.2, 0.25) is 0 Å². The Hall–Kier alpha value is -2.82. The SMILES string of the molecule is Cc1ccc2oc(C(=O)NCCc3ccco3)cc(=O)c2c1. The van der Waals surface area contributed by atoms with E-state index in [-0.39, 0.29) is 11.2 Å². The third-order valence-corrected chi connectivity index (χ3v) is 3.34. The Kier molecular flexibility index (Phi) is 3.78. The molecule has 0 radical (unpaired) electrons. The predicted octanol–water partition coefficient (Wildman–Crippen LogP) is 2.67. The minimum absolute atomic E-state index is 0.0146. The van der Waals surface area contributed by atoms with Crippen LogP contribution in [0.4, 0.5) is 0 Å². The fourth-order valence-electron chi connectivity index (χ4n) is 2.22. The molecule has 112 valence electrons. The number of nitrogens with one attached hydrogen (secondary N) is 1. The van der Waals surface area contributed by atoms with Gasteiger partial charge in [0, 0.05) is 19.0 Å². The van der Waals surface area contributed by atoms with Crippen molar-refractivity contribution in [2.45, 2.75) is 13.3 Å². The Morgan fingerprint density at radius 1 is 1.23 bits per heavy atom. The van der Waals surface area contributed by atoms with Crippen molar-refractivity contribution in [1.29, 1.82) is 0 Å². The van der Waals surface area contributed by atoms with Gasteiger partial charge in [0.05, 0.1) is 11.6 Å². The lowest BCUT2D eigenvalue weighted by Gasteiger charge is -2.05. The summed E-state index contributed by atoms with van der Waals surface area (Å²) in [5.74, 6) is 0.391. The zero-order valence-electron chi connectivity index (χ0n) is 12.1. The molecule has 0 saturated heterocycles. The molecule has 1 amide bonds. The van der Waals surface area contributed by atoms with Gasteiger partial charge in [-0.15, -0.1) is 0 Å². The van der Waals surface area contributed by atoms with Crippen LogP contribution in [0.1, 0.15) is 21.9 Å². The van der Waals surface area contributed by atoms with Crippen molar-refractivity contribution in [3.8, 4) is 0 Å². The molecule has 0 aliphatic rings. The third kappa shape index (κ3) is 2.93. The first-order valence-corrected chi connectivity index (χ1v) is 6.98. The summed E-state index contributed by atoms with van der Waals surface area (Å²) < 4.78 is 10.7. The largest absolute Gasteiger partial charge is 0.469 e. The van der Waals surface area contributed by atoms with E-state index in [1.165, 1.54) is 6.07 Å². The van der Waals surface area contributed by atoms with E-state index in [1.54, 1.807) is 24.5 Å². The topological polar surface area (TPSA) is 72.5 Å². The average molecular weight is 297 g/mol. The lowest BCUT2D eigenvalue weighted by Crippen LogP contribution is -2.26. The first kappa shape index (κ1) is 14.1. The number of aryl methyl sites for hydroxylation is 1. The number of hydrogen-bond donors (Lipinski definition) is 1. The normalized spacial score (nSPS) is 10.8.